The van der Waals surface area contributed by atoms with Crippen LogP contribution in [-0.2, 0) is 4.79 Å². The molecule has 1 aliphatic rings. The molecule has 0 unspecified atom stereocenters. The first-order valence-corrected chi connectivity index (χ1v) is 8.20. The van der Waals surface area contributed by atoms with E-state index in [1.807, 2.05) is 13.0 Å². The Balaban J connectivity index is 1.58. The van der Waals surface area contributed by atoms with Gasteiger partial charge in [0.2, 0.25) is 5.91 Å². The lowest BCUT2D eigenvalue weighted by Gasteiger charge is -2.32. The first-order valence-electron chi connectivity index (χ1n) is 7.82. The zero-order valence-corrected chi connectivity index (χ0v) is 14.1. The molecule has 1 fully saturated rings. The van der Waals surface area contributed by atoms with Gasteiger partial charge in [0.05, 0.1) is 5.02 Å². The molecule has 0 radical (unpaired) electrons. The second kappa shape index (κ2) is 7.13. The van der Waals surface area contributed by atoms with Crippen LogP contribution in [0.1, 0.15) is 18.5 Å². The van der Waals surface area contributed by atoms with Gasteiger partial charge in [-0.15, -0.1) is 0 Å². The Bertz CT molecular complexity index is 747. The maximum atomic E-state index is 13.2. The summed E-state index contributed by atoms with van der Waals surface area (Å²) in [6.45, 7) is 3.45. The second-order valence-corrected chi connectivity index (χ2v) is 6.30. The van der Waals surface area contributed by atoms with Gasteiger partial charge in [0, 0.05) is 36.5 Å². The number of anilines is 2. The highest BCUT2D eigenvalue weighted by Crippen LogP contribution is 2.24. The van der Waals surface area contributed by atoms with Gasteiger partial charge in [-0.2, -0.15) is 0 Å². The zero-order valence-electron chi connectivity index (χ0n) is 13.3. The summed E-state index contributed by atoms with van der Waals surface area (Å²) >= 11 is 5.74. The molecule has 24 heavy (non-hydrogen) atoms. The Labute approximate surface area is 144 Å². The summed E-state index contributed by atoms with van der Waals surface area (Å²) in [7, 11) is 0. The van der Waals surface area contributed by atoms with Crippen molar-refractivity contribution in [2.45, 2.75) is 19.8 Å². The number of nitrogens with zero attached hydrogens (tertiary/aromatic N) is 3. The van der Waals surface area contributed by atoms with Gasteiger partial charge in [-0.1, -0.05) is 11.6 Å². The number of aromatic nitrogens is 2. The number of amides is 1. The zero-order chi connectivity index (χ0) is 17.1. The van der Waals surface area contributed by atoms with E-state index in [0.29, 0.717) is 5.69 Å². The van der Waals surface area contributed by atoms with Crippen molar-refractivity contribution in [3.05, 3.63) is 47.1 Å². The molecule has 1 saturated heterocycles. The molecule has 126 valence electrons. The van der Waals surface area contributed by atoms with Crippen molar-refractivity contribution in [3.8, 4) is 0 Å². The molecule has 2 aromatic rings. The Kier molecular flexibility index (Phi) is 4.94. The number of aryl methyl sites for hydroxylation is 1. The van der Waals surface area contributed by atoms with E-state index in [-0.39, 0.29) is 16.8 Å². The number of hydrogen-bond donors (Lipinski definition) is 1. The van der Waals surface area contributed by atoms with E-state index < -0.39 is 5.82 Å². The van der Waals surface area contributed by atoms with Gasteiger partial charge in [0.1, 0.15) is 18.0 Å². The minimum absolute atomic E-state index is 0.00162. The van der Waals surface area contributed by atoms with Crippen LogP contribution in [0.15, 0.2) is 30.6 Å². The first kappa shape index (κ1) is 16.6. The highest BCUT2D eigenvalue weighted by Gasteiger charge is 2.25. The largest absolute Gasteiger partial charge is 0.356 e. The summed E-state index contributed by atoms with van der Waals surface area (Å²) in [5.41, 5.74) is 1.44. The van der Waals surface area contributed by atoms with E-state index >= 15 is 0 Å². The molecular formula is C17H18ClFN4O. The molecular weight excluding hydrogens is 331 g/mol. The molecule has 1 aromatic heterocycles. The van der Waals surface area contributed by atoms with Gasteiger partial charge in [-0.3, -0.25) is 4.79 Å². The lowest BCUT2D eigenvalue weighted by molar-refractivity contribution is -0.120. The molecule has 1 aliphatic heterocycles. The molecule has 0 bridgehead atoms. The average Bonchev–Trinajstić information content (AvgIpc) is 2.58. The van der Waals surface area contributed by atoms with Crippen LogP contribution in [-0.4, -0.2) is 29.0 Å². The predicted octanol–water partition coefficient (Wildman–Crippen LogP) is 3.43. The molecule has 2 heterocycles. The van der Waals surface area contributed by atoms with Crippen LogP contribution in [0.2, 0.25) is 5.02 Å². The highest BCUT2D eigenvalue weighted by atomic mass is 35.5. The molecule has 1 N–H and O–H groups in total. The van der Waals surface area contributed by atoms with E-state index in [4.69, 9.17) is 11.6 Å². The van der Waals surface area contributed by atoms with Crippen LogP contribution in [0, 0.1) is 18.7 Å². The van der Waals surface area contributed by atoms with Gasteiger partial charge in [0.25, 0.3) is 0 Å². The van der Waals surface area contributed by atoms with Gasteiger partial charge >= 0.3 is 0 Å². The third kappa shape index (κ3) is 3.82. The summed E-state index contributed by atoms with van der Waals surface area (Å²) in [5.74, 6) is 0.263. The Morgan fingerprint density at radius 3 is 2.71 bits per heavy atom. The Hall–Kier alpha value is -2.21. The van der Waals surface area contributed by atoms with Gasteiger partial charge in [0.15, 0.2) is 0 Å². The van der Waals surface area contributed by atoms with Crippen LogP contribution in [0.5, 0.6) is 0 Å². The number of hydrogen-bond acceptors (Lipinski definition) is 4. The van der Waals surface area contributed by atoms with Gasteiger partial charge < -0.3 is 10.2 Å². The number of carbonyl (C=O) groups excluding carboxylic acids is 1. The van der Waals surface area contributed by atoms with Gasteiger partial charge in [-0.05, 0) is 38.0 Å². The van der Waals surface area contributed by atoms with Crippen molar-refractivity contribution >= 4 is 29.0 Å². The van der Waals surface area contributed by atoms with Crippen molar-refractivity contribution in [2.24, 2.45) is 5.92 Å². The van der Waals surface area contributed by atoms with Crippen LogP contribution in [0.25, 0.3) is 0 Å². The maximum Gasteiger partial charge on any atom is 0.227 e. The molecule has 0 spiro atoms. The molecule has 1 amide bonds. The summed E-state index contributed by atoms with van der Waals surface area (Å²) in [6, 6.07) is 6.13. The molecule has 1 aromatic carbocycles. The number of rotatable bonds is 3. The molecule has 0 saturated carbocycles. The highest BCUT2D eigenvalue weighted by molar-refractivity contribution is 6.31. The standard InChI is InChI=1S/C17H18ClFN4O/c1-11-8-16(21-10-20-11)23-6-4-12(5-7-23)17(24)22-13-2-3-15(19)14(18)9-13/h2-3,8-10,12H,4-7H2,1H3,(H,22,24). The quantitative estimate of drug-likeness (QED) is 0.923. The lowest BCUT2D eigenvalue weighted by atomic mass is 9.95. The third-order valence-corrected chi connectivity index (χ3v) is 4.46. The summed E-state index contributed by atoms with van der Waals surface area (Å²) in [6.07, 6.45) is 3.04. The topological polar surface area (TPSA) is 58.1 Å². The predicted molar refractivity (Wildman–Crippen MR) is 91.7 cm³/mol. The third-order valence-electron chi connectivity index (χ3n) is 4.17. The SMILES string of the molecule is Cc1cc(N2CCC(C(=O)Nc3ccc(F)c(Cl)c3)CC2)ncn1. The van der Waals surface area contributed by atoms with Crippen molar-refractivity contribution in [3.63, 3.8) is 0 Å². The normalized spacial score (nSPS) is 15.4. The van der Waals surface area contributed by atoms with Crippen molar-refractivity contribution < 1.29 is 9.18 Å². The monoisotopic (exact) mass is 348 g/mol. The fourth-order valence-corrected chi connectivity index (χ4v) is 2.98. The molecule has 0 aliphatic carbocycles. The first-order chi connectivity index (χ1) is 11.5. The average molecular weight is 349 g/mol. The van der Waals surface area contributed by atoms with E-state index in [1.165, 1.54) is 18.2 Å². The smallest absolute Gasteiger partial charge is 0.227 e. The molecule has 5 nitrogen and oxygen atoms in total. The Morgan fingerprint density at radius 2 is 2.04 bits per heavy atom. The van der Waals surface area contributed by atoms with E-state index in [2.05, 4.69) is 20.2 Å². The van der Waals surface area contributed by atoms with E-state index in [9.17, 15) is 9.18 Å². The fourth-order valence-electron chi connectivity index (χ4n) is 2.80. The fraction of sp³-hybridized carbons (Fsp3) is 0.353. The van der Waals surface area contributed by atoms with Crippen LogP contribution >= 0.6 is 11.6 Å². The van der Waals surface area contributed by atoms with Crippen molar-refractivity contribution in [2.75, 3.05) is 23.3 Å². The lowest BCUT2D eigenvalue weighted by Crippen LogP contribution is -2.38. The summed E-state index contributed by atoms with van der Waals surface area (Å²) in [4.78, 5) is 22.9. The minimum atomic E-state index is -0.497. The van der Waals surface area contributed by atoms with Crippen molar-refractivity contribution in [1.82, 2.24) is 9.97 Å². The molecule has 0 atom stereocenters. The summed E-state index contributed by atoms with van der Waals surface area (Å²) in [5, 5.41) is 2.81. The van der Waals surface area contributed by atoms with E-state index in [1.54, 1.807) is 6.33 Å². The maximum absolute atomic E-state index is 13.2. The van der Waals surface area contributed by atoms with Crippen LogP contribution < -0.4 is 10.2 Å². The summed E-state index contributed by atoms with van der Waals surface area (Å²) < 4.78 is 13.2. The molecule has 7 heteroatoms. The van der Waals surface area contributed by atoms with E-state index in [0.717, 1.165) is 37.4 Å². The second-order valence-electron chi connectivity index (χ2n) is 5.90. The van der Waals surface area contributed by atoms with Crippen LogP contribution in [0.4, 0.5) is 15.9 Å². The number of carbonyl (C=O) groups is 1. The van der Waals surface area contributed by atoms with Crippen molar-refractivity contribution in [1.29, 1.82) is 0 Å². The minimum Gasteiger partial charge on any atom is -0.356 e. The van der Waals surface area contributed by atoms with Gasteiger partial charge in [-0.25, -0.2) is 14.4 Å². The molecule has 3 rings (SSSR count). The number of nitrogens with one attached hydrogen (secondary N) is 1. The number of benzene rings is 1. The Morgan fingerprint density at radius 1 is 1.29 bits per heavy atom. The number of halogens is 2. The van der Waals surface area contributed by atoms with Crippen LogP contribution in [0.3, 0.4) is 0 Å². The number of piperidine rings is 1.